The molecule has 4 aromatic rings. The SMILES string of the molecule is Cc1ccc(N=C=O)cc1.Cc1ccc(NC(=O)Nc2ccc(S(=O)(=O)CC3CCCC3)cc2)cc1.Nc1ccc(S(=O)(=O)NC2CCCC2)cc1. The number of sulfonamides is 1. The highest BCUT2D eigenvalue weighted by Crippen LogP contribution is 2.28. The van der Waals surface area contributed by atoms with E-state index in [-0.39, 0.29) is 28.6 Å². The van der Waals surface area contributed by atoms with Crippen LogP contribution in [0.2, 0.25) is 0 Å². The number of hydrogen-bond donors (Lipinski definition) is 4. The van der Waals surface area contributed by atoms with Gasteiger partial charge in [0.2, 0.25) is 16.1 Å². The lowest BCUT2D eigenvalue weighted by molar-refractivity contribution is 0.262. The van der Waals surface area contributed by atoms with E-state index >= 15 is 0 Å². The highest BCUT2D eigenvalue weighted by atomic mass is 32.2. The summed E-state index contributed by atoms with van der Waals surface area (Å²) in [5.74, 6) is 0.492. The summed E-state index contributed by atoms with van der Waals surface area (Å²) in [5.41, 5.74) is 10.3. The number of nitrogens with two attached hydrogens (primary N) is 1. The minimum absolute atomic E-state index is 0.0996. The number of nitrogen functional groups attached to an aromatic ring is 1. The van der Waals surface area contributed by atoms with Crippen molar-refractivity contribution in [2.45, 2.75) is 81.0 Å². The van der Waals surface area contributed by atoms with Crippen molar-refractivity contribution in [1.82, 2.24) is 4.72 Å². The number of hydrogen-bond acceptors (Lipinski definition) is 8. The second-order valence-corrected chi connectivity index (χ2v) is 16.9. The van der Waals surface area contributed by atoms with Gasteiger partial charge in [0, 0.05) is 23.1 Å². The van der Waals surface area contributed by atoms with Gasteiger partial charge in [-0.1, -0.05) is 61.1 Å². The van der Waals surface area contributed by atoms with Crippen molar-refractivity contribution >= 4 is 54.7 Å². The van der Waals surface area contributed by atoms with Crippen LogP contribution in [0.5, 0.6) is 0 Å². The largest absolute Gasteiger partial charge is 0.399 e. The van der Waals surface area contributed by atoms with Crippen LogP contribution in [0.25, 0.3) is 0 Å². The normalized spacial score (nSPS) is 14.6. The monoisotopic (exact) mass is 745 g/mol. The maximum absolute atomic E-state index is 12.5. The van der Waals surface area contributed by atoms with Crippen molar-refractivity contribution in [3.05, 3.63) is 108 Å². The number of amides is 2. The summed E-state index contributed by atoms with van der Waals surface area (Å²) >= 11 is 0. The third-order valence-corrected chi connectivity index (χ3v) is 12.2. The molecule has 6 rings (SSSR count). The van der Waals surface area contributed by atoms with Gasteiger partial charge in [0.25, 0.3) is 0 Å². The minimum atomic E-state index is -3.37. The number of sulfone groups is 1. The molecule has 0 aromatic heterocycles. The van der Waals surface area contributed by atoms with Crippen LogP contribution in [0.1, 0.15) is 62.5 Å². The van der Waals surface area contributed by atoms with Gasteiger partial charge in [-0.2, -0.15) is 4.99 Å². The van der Waals surface area contributed by atoms with E-state index in [1.165, 1.54) is 18.2 Å². The fourth-order valence-corrected chi connectivity index (χ4v) is 8.91. The first-order valence-electron chi connectivity index (χ1n) is 17.3. The summed E-state index contributed by atoms with van der Waals surface area (Å²) in [6.07, 6.45) is 9.81. The summed E-state index contributed by atoms with van der Waals surface area (Å²) < 4.78 is 51.6. The zero-order valence-corrected chi connectivity index (χ0v) is 31.2. The molecule has 52 heavy (non-hydrogen) atoms. The number of isocyanates is 1. The fourth-order valence-electron chi connectivity index (χ4n) is 5.91. The minimum Gasteiger partial charge on any atom is -0.399 e. The number of rotatable bonds is 9. The number of urea groups is 1. The van der Waals surface area contributed by atoms with Crippen LogP contribution in [0.15, 0.2) is 112 Å². The molecule has 0 atom stereocenters. The van der Waals surface area contributed by atoms with Gasteiger partial charge in [-0.05, 0) is 118 Å². The van der Waals surface area contributed by atoms with Gasteiger partial charge in [0.05, 0.1) is 21.2 Å². The number of benzene rings is 4. The van der Waals surface area contributed by atoms with Gasteiger partial charge in [-0.25, -0.2) is 31.1 Å². The van der Waals surface area contributed by atoms with Crippen molar-refractivity contribution in [2.24, 2.45) is 10.9 Å². The lowest BCUT2D eigenvalue weighted by Crippen LogP contribution is -2.32. The van der Waals surface area contributed by atoms with Crippen LogP contribution >= 0.6 is 0 Å². The topological polar surface area (TPSA) is 177 Å². The number of anilines is 3. The van der Waals surface area contributed by atoms with Gasteiger partial charge in [0.1, 0.15) is 0 Å². The molecule has 0 saturated heterocycles. The molecule has 0 bridgehead atoms. The molecule has 2 aliphatic rings. The van der Waals surface area contributed by atoms with Gasteiger partial charge in [0.15, 0.2) is 9.84 Å². The van der Waals surface area contributed by atoms with Crippen molar-refractivity contribution in [3.63, 3.8) is 0 Å². The van der Waals surface area contributed by atoms with Gasteiger partial charge < -0.3 is 16.4 Å². The van der Waals surface area contributed by atoms with E-state index in [4.69, 9.17) is 5.73 Å². The molecule has 0 aliphatic heterocycles. The molecule has 4 aromatic carbocycles. The first-order valence-corrected chi connectivity index (χ1v) is 20.5. The first-order chi connectivity index (χ1) is 24.8. The molecule has 5 N–H and O–H groups in total. The zero-order chi connectivity index (χ0) is 37.6. The average molecular weight is 746 g/mol. The summed E-state index contributed by atoms with van der Waals surface area (Å²) in [4.78, 5) is 25.8. The molecule has 0 heterocycles. The number of nitrogens with zero attached hydrogens (tertiary/aromatic N) is 1. The third-order valence-electron chi connectivity index (χ3n) is 8.79. The van der Waals surface area contributed by atoms with Crippen molar-refractivity contribution < 1.29 is 26.4 Å². The Kier molecular flexibility index (Phi) is 14.7. The highest BCUT2D eigenvalue weighted by molar-refractivity contribution is 7.91. The molecule has 276 valence electrons. The maximum atomic E-state index is 12.5. The summed E-state index contributed by atoms with van der Waals surface area (Å²) in [6, 6.07) is 27.2. The molecule has 2 fully saturated rings. The molecule has 0 radical (unpaired) electrons. The lowest BCUT2D eigenvalue weighted by Gasteiger charge is -2.12. The fraction of sp³-hybridized carbons (Fsp3) is 0.333. The van der Waals surface area contributed by atoms with E-state index in [1.54, 1.807) is 48.5 Å². The third kappa shape index (κ3) is 13.1. The Bertz CT molecular complexity index is 2000. The van der Waals surface area contributed by atoms with Crippen molar-refractivity contribution in [1.29, 1.82) is 0 Å². The molecular formula is C39H47N5O6S2. The predicted molar refractivity (Wildman–Crippen MR) is 207 cm³/mol. The van der Waals surface area contributed by atoms with Crippen LogP contribution in [0.3, 0.4) is 0 Å². The second kappa shape index (κ2) is 19.1. The number of aryl methyl sites for hydroxylation is 2. The van der Waals surface area contributed by atoms with Crippen LogP contribution in [0, 0.1) is 19.8 Å². The number of nitrogens with one attached hydrogen (secondary N) is 3. The number of carbonyl (C=O) groups excluding carboxylic acids is 2. The van der Waals surface area contributed by atoms with Crippen LogP contribution in [0.4, 0.5) is 27.5 Å². The second-order valence-electron chi connectivity index (χ2n) is 13.1. The van der Waals surface area contributed by atoms with E-state index in [0.717, 1.165) is 62.5 Å². The Hall–Kier alpha value is -4.81. The van der Waals surface area contributed by atoms with Crippen LogP contribution < -0.4 is 21.1 Å². The molecule has 2 amide bonds. The predicted octanol–water partition coefficient (Wildman–Crippen LogP) is 8.05. The maximum Gasteiger partial charge on any atom is 0.323 e. The molecular weight excluding hydrogens is 699 g/mol. The Morgan fingerprint density at radius 3 is 1.67 bits per heavy atom. The van der Waals surface area contributed by atoms with Crippen LogP contribution in [-0.4, -0.2) is 40.7 Å². The van der Waals surface area contributed by atoms with E-state index in [1.807, 2.05) is 50.2 Å². The Morgan fingerprint density at radius 1 is 0.692 bits per heavy atom. The molecule has 11 nitrogen and oxygen atoms in total. The van der Waals surface area contributed by atoms with Crippen molar-refractivity contribution in [2.75, 3.05) is 22.1 Å². The molecule has 2 aliphatic carbocycles. The quantitative estimate of drug-likeness (QED) is 0.0761. The van der Waals surface area contributed by atoms with Gasteiger partial charge in [-0.3, -0.25) is 0 Å². The van der Waals surface area contributed by atoms with Gasteiger partial charge >= 0.3 is 6.03 Å². The summed E-state index contributed by atoms with van der Waals surface area (Å²) in [5, 5.41) is 5.45. The molecule has 0 spiro atoms. The lowest BCUT2D eigenvalue weighted by atomic mass is 10.1. The molecule has 13 heteroatoms. The standard InChI is InChI=1S/C20H24N2O3S.C11H16N2O2S.C8H7NO/c1-15-6-8-17(9-7-15)21-20(23)22-18-10-12-19(13-11-18)26(24,25)14-16-4-2-3-5-16;12-9-5-7-11(8-6-9)16(14,15)13-10-3-1-2-4-10;1-7-2-4-8(5-3-7)9-6-10/h6-13,16H,2-5,14H2,1H3,(H2,21,22,23);5-8,10,13H,1-4,12H2;2-5H,1H3. The van der Waals surface area contributed by atoms with E-state index < -0.39 is 19.9 Å². The Labute approximate surface area is 307 Å². The van der Waals surface area contributed by atoms with E-state index in [0.29, 0.717) is 27.6 Å². The van der Waals surface area contributed by atoms with Gasteiger partial charge in [-0.15, -0.1) is 0 Å². The Morgan fingerprint density at radius 2 is 1.15 bits per heavy atom. The zero-order valence-electron chi connectivity index (χ0n) is 29.5. The molecule has 0 unspecified atom stereocenters. The average Bonchev–Trinajstić information content (AvgIpc) is 3.82. The summed E-state index contributed by atoms with van der Waals surface area (Å²) in [6.45, 7) is 3.96. The highest BCUT2D eigenvalue weighted by Gasteiger charge is 2.24. The first kappa shape index (κ1) is 40.0. The Balaban J connectivity index is 0.000000197. The van der Waals surface area contributed by atoms with Crippen molar-refractivity contribution in [3.8, 4) is 0 Å². The molecule has 2 saturated carbocycles. The smallest absolute Gasteiger partial charge is 0.323 e. The van der Waals surface area contributed by atoms with Crippen LogP contribution in [-0.2, 0) is 24.7 Å². The summed E-state index contributed by atoms with van der Waals surface area (Å²) in [7, 11) is -6.64. The number of carbonyl (C=O) groups is 1. The van der Waals surface area contributed by atoms with E-state index in [9.17, 15) is 26.4 Å². The van der Waals surface area contributed by atoms with E-state index in [2.05, 4.69) is 20.3 Å². The number of aliphatic imine (C=N–C) groups is 1.